The van der Waals surface area contributed by atoms with Crippen LogP contribution in [0.1, 0.15) is 45.4 Å². The van der Waals surface area contributed by atoms with E-state index in [1.54, 1.807) is 0 Å². The fourth-order valence-corrected chi connectivity index (χ4v) is 1.94. The Balaban J connectivity index is 2.30. The molecular formula is C17H28N2. The molecule has 0 aliphatic heterocycles. The van der Waals surface area contributed by atoms with Crippen molar-refractivity contribution in [3.63, 3.8) is 0 Å². The summed E-state index contributed by atoms with van der Waals surface area (Å²) in [6.45, 7) is 11.0. The number of hydrogen-bond acceptors (Lipinski definition) is 2. The van der Waals surface area contributed by atoms with Crippen molar-refractivity contribution < 1.29 is 0 Å². The SMILES string of the molecule is CCc1ccc(CC(C)=CCCNCC(C)C)nc1. The van der Waals surface area contributed by atoms with Crippen LogP contribution in [0.5, 0.6) is 0 Å². The molecule has 0 saturated carbocycles. The third-order valence-corrected chi connectivity index (χ3v) is 3.12. The van der Waals surface area contributed by atoms with Gasteiger partial charge < -0.3 is 5.32 Å². The number of aromatic nitrogens is 1. The van der Waals surface area contributed by atoms with E-state index < -0.39 is 0 Å². The second-order valence-corrected chi connectivity index (χ2v) is 5.63. The third kappa shape index (κ3) is 7.12. The van der Waals surface area contributed by atoms with Gasteiger partial charge in [0.05, 0.1) is 0 Å². The predicted molar refractivity (Wildman–Crippen MR) is 83.4 cm³/mol. The van der Waals surface area contributed by atoms with Gasteiger partial charge in [-0.05, 0) is 50.4 Å². The van der Waals surface area contributed by atoms with E-state index in [4.69, 9.17) is 0 Å². The van der Waals surface area contributed by atoms with Gasteiger partial charge in [-0.1, -0.05) is 38.5 Å². The van der Waals surface area contributed by atoms with Crippen LogP contribution in [0.25, 0.3) is 0 Å². The van der Waals surface area contributed by atoms with Crippen molar-refractivity contribution in [3.8, 4) is 0 Å². The molecule has 0 spiro atoms. The molecule has 106 valence electrons. The highest BCUT2D eigenvalue weighted by molar-refractivity contribution is 5.18. The van der Waals surface area contributed by atoms with E-state index in [-0.39, 0.29) is 0 Å². The summed E-state index contributed by atoms with van der Waals surface area (Å²) >= 11 is 0. The van der Waals surface area contributed by atoms with E-state index >= 15 is 0 Å². The second-order valence-electron chi connectivity index (χ2n) is 5.63. The number of nitrogens with zero attached hydrogens (tertiary/aromatic N) is 1. The van der Waals surface area contributed by atoms with Crippen molar-refractivity contribution in [1.29, 1.82) is 0 Å². The van der Waals surface area contributed by atoms with Crippen molar-refractivity contribution in [1.82, 2.24) is 10.3 Å². The molecule has 0 bridgehead atoms. The highest BCUT2D eigenvalue weighted by Crippen LogP contribution is 2.07. The quantitative estimate of drug-likeness (QED) is 0.568. The number of aryl methyl sites for hydroxylation is 1. The molecular weight excluding hydrogens is 232 g/mol. The summed E-state index contributed by atoms with van der Waals surface area (Å²) in [5, 5.41) is 3.46. The van der Waals surface area contributed by atoms with E-state index in [1.165, 1.54) is 16.8 Å². The van der Waals surface area contributed by atoms with Crippen molar-refractivity contribution in [3.05, 3.63) is 41.2 Å². The zero-order valence-corrected chi connectivity index (χ0v) is 12.9. The lowest BCUT2D eigenvalue weighted by Gasteiger charge is -2.06. The van der Waals surface area contributed by atoms with Crippen LogP contribution in [-0.2, 0) is 12.8 Å². The molecule has 1 aromatic rings. The van der Waals surface area contributed by atoms with Crippen LogP contribution in [0.2, 0.25) is 0 Å². The molecule has 0 amide bonds. The first-order valence-corrected chi connectivity index (χ1v) is 7.42. The topological polar surface area (TPSA) is 24.9 Å². The Morgan fingerprint density at radius 3 is 2.74 bits per heavy atom. The van der Waals surface area contributed by atoms with E-state index in [0.717, 1.165) is 38.3 Å². The maximum absolute atomic E-state index is 4.50. The Hall–Kier alpha value is -1.15. The van der Waals surface area contributed by atoms with Gasteiger partial charge in [0.25, 0.3) is 0 Å². The normalized spacial score (nSPS) is 12.2. The lowest BCUT2D eigenvalue weighted by Crippen LogP contribution is -2.20. The first kappa shape index (κ1) is 15.9. The number of pyridine rings is 1. The van der Waals surface area contributed by atoms with Gasteiger partial charge in [0.15, 0.2) is 0 Å². The van der Waals surface area contributed by atoms with Gasteiger partial charge in [0.2, 0.25) is 0 Å². The Morgan fingerprint density at radius 1 is 1.37 bits per heavy atom. The van der Waals surface area contributed by atoms with Crippen molar-refractivity contribution in [2.24, 2.45) is 5.92 Å². The van der Waals surface area contributed by atoms with Crippen molar-refractivity contribution >= 4 is 0 Å². The minimum absolute atomic E-state index is 0.728. The van der Waals surface area contributed by atoms with Crippen molar-refractivity contribution in [2.75, 3.05) is 13.1 Å². The van der Waals surface area contributed by atoms with E-state index in [2.05, 4.69) is 56.2 Å². The molecule has 1 N–H and O–H groups in total. The van der Waals surface area contributed by atoms with Crippen molar-refractivity contribution in [2.45, 2.75) is 47.0 Å². The summed E-state index contributed by atoms with van der Waals surface area (Å²) in [5.41, 5.74) is 3.88. The fourth-order valence-electron chi connectivity index (χ4n) is 1.94. The number of hydrogen-bond donors (Lipinski definition) is 1. The number of nitrogens with one attached hydrogen (secondary N) is 1. The fraction of sp³-hybridized carbons (Fsp3) is 0.588. The molecule has 1 heterocycles. The summed E-state index contributed by atoms with van der Waals surface area (Å²) in [7, 11) is 0. The molecule has 0 aliphatic carbocycles. The lowest BCUT2D eigenvalue weighted by atomic mass is 10.1. The van der Waals surface area contributed by atoms with E-state index in [0.29, 0.717) is 0 Å². The van der Waals surface area contributed by atoms with Gasteiger partial charge in [0.1, 0.15) is 0 Å². The molecule has 0 unspecified atom stereocenters. The Bertz CT molecular complexity index is 377. The van der Waals surface area contributed by atoms with Crippen LogP contribution in [0.4, 0.5) is 0 Å². The van der Waals surface area contributed by atoms with Gasteiger partial charge in [-0.3, -0.25) is 4.98 Å². The highest BCUT2D eigenvalue weighted by atomic mass is 14.8. The maximum Gasteiger partial charge on any atom is 0.0444 e. The molecule has 2 heteroatoms. The average Bonchev–Trinajstić information content (AvgIpc) is 2.39. The number of allylic oxidation sites excluding steroid dienone is 1. The summed E-state index contributed by atoms with van der Waals surface area (Å²) in [4.78, 5) is 4.50. The highest BCUT2D eigenvalue weighted by Gasteiger charge is 1.97. The Labute approximate surface area is 118 Å². The molecule has 1 rings (SSSR count). The number of rotatable bonds is 8. The minimum atomic E-state index is 0.728. The monoisotopic (exact) mass is 260 g/mol. The average molecular weight is 260 g/mol. The van der Waals surface area contributed by atoms with Gasteiger partial charge in [0, 0.05) is 18.3 Å². The molecule has 19 heavy (non-hydrogen) atoms. The Kier molecular flexibility index (Phi) is 7.42. The van der Waals surface area contributed by atoms with Crippen LogP contribution >= 0.6 is 0 Å². The zero-order chi connectivity index (χ0) is 14.1. The second kappa shape index (κ2) is 8.87. The standard InChI is InChI=1S/C17H28N2/c1-5-16-8-9-17(19-13-16)11-15(4)7-6-10-18-12-14(2)3/h7-9,13-14,18H,5-6,10-12H2,1-4H3. The predicted octanol–water partition coefficient (Wildman–Crippen LogP) is 3.77. The first-order valence-electron chi connectivity index (χ1n) is 7.42. The van der Waals surface area contributed by atoms with Gasteiger partial charge in [-0.2, -0.15) is 0 Å². The maximum atomic E-state index is 4.50. The summed E-state index contributed by atoms with van der Waals surface area (Å²) in [6.07, 6.45) is 7.44. The smallest absolute Gasteiger partial charge is 0.0444 e. The molecule has 0 atom stereocenters. The van der Waals surface area contributed by atoms with Gasteiger partial charge in [-0.25, -0.2) is 0 Å². The molecule has 0 aliphatic rings. The van der Waals surface area contributed by atoms with Crippen LogP contribution < -0.4 is 5.32 Å². The van der Waals surface area contributed by atoms with Crippen LogP contribution in [0.15, 0.2) is 30.0 Å². The lowest BCUT2D eigenvalue weighted by molar-refractivity contribution is 0.556. The molecule has 0 aromatic carbocycles. The molecule has 0 radical (unpaired) electrons. The van der Waals surface area contributed by atoms with E-state index in [9.17, 15) is 0 Å². The Morgan fingerprint density at radius 2 is 2.16 bits per heavy atom. The first-order chi connectivity index (χ1) is 9.11. The third-order valence-electron chi connectivity index (χ3n) is 3.12. The molecule has 0 fully saturated rings. The largest absolute Gasteiger partial charge is 0.316 e. The summed E-state index contributed by atoms with van der Waals surface area (Å²) in [5.74, 6) is 0.728. The van der Waals surface area contributed by atoms with Crippen LogP contribution in [-0.4, -0.2) is 18.1 Å². The zero-order valence-electron chi connectivity index (χ0n) is 12.9. The molecule has 0 saturated heterocycles. The summed E-state index contributed by atoms with van der Waals surface area (Å²) < 4.78 is 0. The van der Waals surface area contributed by atoms with Crippen LogP contribution in [0, 0.1) is 5.92 Å². The van der Waals surface area contributed by atoms with Gasteiger partial charge >= 0.3 is 0 Å². The summed E-state index contributed by atoms with van der Waals surface area (Å²) in [6, 6.07) is 4.33. The van der Waals surface area contributed by atoms with Gasteiger partial charge in [-0.15, -0.1) is 0 Å². The minimum Gasteiger partial charge on any atom is -0.316 e. The van der Waals surface area contributed by atoms with Crippen LogP contribution in [0.3, 0.4) is 0 Å². The molecule has 2 nitrogen and oxygen atoms in total. The van der Waals surface area contributed by atoms with E-state index in [1.807, 2.05) is 6.20 Å². The molecule has 1 aromatic heterocycles.